The summed E-state index contributed by atoms with van der Waals surface area (Å²) in [7, 11) is 0. The topological polar surface area (TPSA) is 40.7 Å². The molecule has 0 aliphatic rings. The van der Waals surface area contributed by atoms with Crippen molar-refractivity contribution in [2.45, 2.75) is 20.0 Å². The van der Waals surface area contributed by atoms with E-state index in [0.717, 1.165) is 28.4 Å². The highest BCUT2D eigenvalue weighted by molar-refractivity contribution is 6.31. The van der Waals surface area contributed by atoms with Crippen LogP contribution in [0.25, 0.3) is 11.0 Å². The number of nitrogens with zero attached hydrogens (tertiary/aromatic N) is 1. The molecule has 0 unspecified atom stereocenters. The maximum atomic E-state index is 5.96. The Kier molecular flexibility index (Phi) is 3.72. The molecular weight excluding hydrogens is 270 g/mol. The van der Waals surface area contributed by atoms with Gasteiger partial charge in [0, 0.05) is 11.6 Å². The summed E-state index contributed by atoms with van der Waals surface area (Å²) >= 11 is 5.96. The molecule has 0 amide bonds. The van der Waals surface area contributed by atoms with Crippen molar-refractivity contribution in [3.05, 3.63) is 64.4 Å². The molecule has 4 heteroatoms. The molecule has 1 heterocycles. The zero-order valence-electron chi connectivity index (χ0n) is 11.3. The van der Waals surface area contributed by atoms with Gasteiger partial charge in [-0.15, -0.1) is 0 Å². The molecular formula is C16H16ClN3. The van der Waals surface area contributed by atoms with Crippen molar-refractivity contribution in [2.24, 2.45) is 0 Å². The molecule has 20 heavy (non-hydrogen) atoms. The molecule has 0 saturated carbocycles. The molecule has 102 valence electrons. The van der Waals surface area contributed by atoms with Crippen molar-refractivity contribution in [1.82, 2.24) is 15.3 Å². The number of imidazole rings is 1. The lowest BCUT2D eigenvalue weighted by atomic mass is 10.1. The summed E-state index contributed by atoms with van der Waals surface area (Å²) in [5.74, 6) is 0.925. The SMILES string of the molecule is Cc1ccc(CNCc2nc3ccc(Cl)cc3[nH]2)cc1. The first kappa shape index (κ1) is 13.2. The van der Waals surface area contributed by atoms with Crippen LogP contribution in [-0.2, 0) is 13.1 Å². The molecule has 3 rings (SSSR count). The van der Waals surface area contributed by atoms with Crippen LogP contribution < -0.4 is 5.32 Å². The normalized spacial score (nSPS) is 11.1. The number of H-pyrrole nitrogens is 1. The molecule has 0 spiro atoms. The predicted molar refractivity (Wildman–Crippen MR) is 82.8 cm³/mol. The highest BCUT2D eigenvalue weighted by atomic mass is 35.5. The average Bonchev–Trinajstić information content (AvgIpc) is 2.83. The van der Waals surface area contributed by atoms with Crippen LogP contribution in [0.15, 0.2) is 42.5 Å². The first-order valence-corrected chi connectivity index (χ1v) is 6.99. The molecule has 2 aromatic carbocycles. The van der Waals surface area contributed by atoms with Gasteiger partial charge in [-0.1, -0.05) is 41.4 Å². The second kappa shape index (κ2) is 5.65. The Bertz CT molecular complexity index is 716. The maximum absolute atomic E-state index is 5.96. The van der Waals surface area contributed by atoms with E-state index in [0.29, 0.717) is 6.54 Å². The van der Waals surface area contributed by atoms with E-state index >= 15 is 0 Å². The van der Waals surface area contributed by atoms with Gasteiger partial charge in [-0.25, -0.2) is 4.98 Å². The fourth-order valence-electron chi connectivity index (χ4n) is 2.15. The maximum Gasteiger partial charge on any atom is 0.121 e. The summed E-state index contributed by atoms with van der Waals surface area (Å²) in [5, 5.41) is 4.11. The van der Waals surface area contributed by atoms with Crippen molar-refractivity contribution >= 4 is 22.6 Å². The number of nitrogens with one attached hydrogen (secondary N) is 2. The van der Waals surface area contributed by atoms with Crippen LogP contribution in [0.2, 0.25) is 5.02 Å². The number of aromatic amines is 1. The largest absolute Gasteiger partial charge is 0.341 e. The van der Waals surface area contributed by atoms with E-state index in [1.165, 1.54) is 11.1 Å². The van der Waals surface area contributed by atoms with Gasteiger partial charge in [0.15, 0.2) is 0 Å². The van der Waals surface area contributed by atoms with E-state index in [2.05, 4.69) is 46.5 Å². The Hall–Kier alpha value is -1.84. The summed E-state index contributed by atoms with van der Waals surface area (Å²) in [6.45, 7) is 3.63. The Labute approximate surface area is 123 Å². The molecule has 0 aliphatic carbocycles. The van der Waals surface area contributed by atoms with Gasteiger partial charge in [-0.05, 0) is 30.7 Å². The molecule has 3 nitrogen and oxygen atoms in total. The third-order valence-electron chi connectivity index (χ3n) is 3.24. The fourth-order valence-corrected chi connectivity index (χ4v) is 2.32. The van der Waals surface area contributed by atoms with Gasteiger partial charge in [-0.2, -0.15) is 0 Å². The molecule has 0 saturated heterocycles. The van der Waals surface area contributed by atoms with Crippen LogP contribution >= 0.6 is 11.6 Å². The first-order valence-electron chi connectivity index (χ1n) is 6.61. The minimum atomic E-state index is 0.709. The van der Waals surface area contributed by atoms with Gasteiger partial charge in [0.1, 0.15) is 5.82 Å². The van der Waals surface area contributed by atoms with Crippen molar-refractivity contribution in [1.29, 1.82) is 0 Å². The molecule has 0 bridgehead atoms. The fraction of sp³-hybridized carbons (Fsp3) is 0.188. The standard InChI is InChI=1S/C16H16ClN3/c1-11-2-4-12(5-3-11)9-18-10-16-19-14-7-6-13(17)8-15(14)20-16/h2-8,18H,9-10H2,1H3,(H,19,20). The highest BCUT2D eigenvalue weighted by Gasteiger charge is 2.03. The van der Waals surface area contributed by atoms with Gasteiger partial charge in [0.25, 0.3) is 0 Å². The zero-order valence-corrected chi connectivity index (χ0v) is 12.0. The second-order valence-electron chi connectivity index (χ2n) is 4.93. The second-order valence-corrected chi connectivity index (χ2v) is 5.37. The van der Waals surface area contributed by atoms with Gasteiger partial charge in [-0.3, -0.25) is 0 Å². The number of hydrogen-bond acceptors (Lipinski definition) is 2. The van der Waals surface area contributed by atoms with Gasteiger partial charge in [0.05, 0.1) is 17.6 Å². The minimum absolute atomic E-state index is 0.709. The summed E-state index contributed by atoms with van der Waals surface area (Å²) < 4.78 is 0. The van der Waals surface area contributed by atoms with Crippen LogP contribution in [-0.4, -0.2) is 9.97 Å². The lowest BCUT2D eigenvalue weighted by Crippen LogP contribution is -2.13. The molecule has 0 radical (unpaired) electrons. The van der Waals surface area contributed by atoms with Gasteiger partial charge >= 0.3 is 0 Å². The molecule has 2 N–H and O–H groups in total. The number of aromatic nitrogens is 2. The third-order valence-corrected chi connectivity index (χ3v) is 3.47. The van der Waals surface area contributed by atoms with Crippen LogP contribution in [0.4, 0.5) is 0 Å². The molecule has 3 aromatic rings. The van der Waals surface area contributed by atoms with E-state index in [-0.39, 0.29) is 0 Å². The number of benzene rings is 2. The summed E-state index contributed by atoms with van der Waals surface area (Å²) in [6.07, 6.45) is 0. The summed E-state index contributed by atoms with van der Waals surface area (Å²) in [5.41, 5.74) is 4.48. The lowest BCUT2D eigenvalue weighted by Gasteiger charge is -2.03. The number of hydrogen-bond donors (Lipinski definition) is 2. The quantitative estimate of drug-likeness (QED) is 0.765. The predicted octanol–water partition coefficient (Wildman–Crippen LogP) is 3.81. The summed E-state index contributed by atoms with van der Waals surface area (Å²) in [6, 6.07) is 14.2. The van der Waals surface area contributed by atoms with Gasteiger partial charge in [0.2, 0.25) is 0 Å². The minimum Gasteiger partial charge on any atom is -0.341 e. The Morgan fingerprint density at radius 3 is 2.70 bits per heavy atom. The van der Waals surface area contributed by atoms with E-state index in [1.807, 2.05) is 18.2 Å². The third kappa shape index (κ3) is 3.00. The van der Waals surface area contributed by atoms with E-state index in [9.17, 15) is 0 Å². The van der Waals surface area contributed by atoms with Crippen molar-refractivity contribution in [2.75, 3.05) is 0 Å². The lowest BCUT2D eigenvalue weighted by molar-refractivity contribution is 0.670. The van der Waals surface area contributed by atoms with Crippen molar-refractivity contribution in [3.8, 4) is 0 Å². The molecule has 0 aliphatic heterocycles. The van der Waals surface area contributed by atoms with Crippen LogP contribution in [0.1, 0.15) is 17.0 Å². The number of aryl methyl sites for hydroxylation is 1. The molecule has 1 aromatic heterocycles. The van der Waals surface area contributed by atoms with Crippen molar-refractivity contribution in [3.63, 3.8) is 0 Å². The highest BCUT2D eigenvalue weighted by Crippen LogP contribution is 2.17. The van der Waals surface area contributed by atoms with Crippen LogP contribution in [0.5, 0.6) is 0 Å². The van der Waals surface area contributed by atoms with E-state index < -0.39 is 0 Å². The van der Waals surface area contributed by atoms with Crippen LogP contribution in [0, 0.1) is 6.92 Å². The number of fused-ring (bicyclic) bond motifs is 1. The Morgan fingerprint density at radius 1 is 1.10 bits per heavy atom. The van der Waals surface area contributed by atoms with Crippen molar-refractivity contribution < 1.29 is 0 Å². The molecule has 0 atom stereocenters. The number of halogens is 1. The van der Waals surface area contributed by atoms with Crippen LogP contribution in [0.3, 0.4) is 0 Å². The summed E-state index contributed by atoms with van der Waals surface area (Å²) in [4.78, 5) is 7.80. The van der Waals surface area contributed by atoms with E-state index in [1.54, 1.807) is 0 Å². The average molecular weight is 286 g/mol. The zero-order chi connectivity index (χ0) is 13.9. The Balaban J connectivity index is 1.63. The Morgan fingerprint density at radius 2 is 1.90 bits per heavy atom. The van der Waals surface area contributed by atoms with Gasteiger partial charge < -0.3 is 10.3 Å². The monoisotopic (exact) mass is 285 g/mol. The smallest absolute Gasteiger partial charge is 0.121 e. The molecule has 0 fully saturated rings. The first-order chi connectivity index (χ1) is 9.70. The number of rotatable bonds is 4. The van der Waals surface area contributed by atoms with E-state index in [4.69, 9.17) is 11.6 Å².